The maximum Gasteiger partial charge on any atom is 0.231 e. The lowest BCUT2D eigenvalue weighted by Crippen LogP contribution is -1.93. The van der Waals surface area contributed by atoms with E-state index in [9.17, 15) is 4.39 Å². The van der Waals surface area contributed by atoms with E-state index in [2.05, 4.69) is 10.2 Å². The van der Waals surface area contributed by atoms with Crippen molar-refractivity contribution in [3.05, 3.63) is 58.2 Å². The van der Waals surface area contributed by atoms with Crippen LogP contribution in [-0.2, 0) is 5.75 Å². The number of thiazole rings is 1. The molecule has 3 heterocycles. The summed E-state index contributed by atoms with van der Waals surface area (Å²) in [5.74, 6) is 1.79. The van der Waals surface area contributed by atoms with Gasteiger partial charge in [-0.1, -0.05) is 29.4 Å². The summed E-state index contributed by atoms with van der Waals surface area (Å²) in [6, 6.07) is 10.6. The van der Waals surface area contributed by atoms with Crippen LogP contribution in [0.2, 0.25) is 5.02 Å². The Morgan fingerprint density at radius 2 is 2.04 bits per heavy atom. The minimum absolute atomic E-state index is 0.0921. The van der Waals surface area contributed by atoms with E-state index < -0.39 is 5.82 Å². The number of nitrogens with zero attached hydrogens (tertiary/aromatic N) is 3. The molecule has 1 aliphatic rings. The van der Waals surface area contributed by atoms with Gasteiger partial charge in [0.05, 0.1) is 10.7 Å². The van der Waals surface area contributed by atoms with E-state index in [0.29, 0.717) is 5.75 Å². The molecule has 0 amide bonds. The lowest BCUT2D eigenvalue weighted by Gasteiger charge is -2.05. The second-order valence-electron chi connectivity index (χ2n) is 5.83. The summed E-state index contributed by atoms with van der Waals surface area (Å²) in [7, 11) is 0. The van der Waals surface area contributed by atoms with Crippen LogP contribution in [0.25, 0.3) is 16.2 Å². The molecule has 0 aliphatic carbocycles. The molecule has 0 unspecified atom stereocenters. The second kappa shape index (κ2) is 6.70. The number of fused-ring (bicyclic) bond motifs is 2. The van der Waals surface area contributed by atoms with E-state index >= 15 is 0 Å². The molecule has 9 heteroatoms. The Bertz CT molecular complexity index is 1160. The summed E-state index contributed by atoms with van der Waals surface area (Å²) >= 11 is 8.99. The topological polar surface area (TPSA) is 48.7 Å². The van der Waals surface area contributed by atoms with Gasteiger partial charge in [-0.15, -0.1) is 21.5 Å². The van der Waals surface area contributed by atoms with Gasteiger partial charge in [0.15, 0.2) is 16.7 Å². The van der Waals surface area contributed by atoms with Crippen molar-refractivity contribution in [1.82, 2.24) is 14.6 Å². The lowest BCUT2D eigenvalue weighted by atomic mass is 10.2. The van der Waals surface area contributed by atoms with Crippen molar-refractivity contribution in [3.8, 4) is 22.8 Å². The number of aromatic nitrogens is 3. The number of ether oxygens (including phenoxy) is 2. The molecule has 5 rings (SSSR count). The Balaban J connectivity index is 1.45. The van der Waals surface area contributed by atoms with Gasteiger partial charge in [-0.05, 0) is 35.9 Å². The fraction of sp³-hybridized carbons (Fsp3) is 0.111. The Morgan fingerprint density at radius 3 is 2.93 bits per heavy atom. The molecule has 1 aliphatic heterocycles. The van der Waals surface area contributed by atoms with Crippen LogP contribution in [0.4, 0.5) is 4.39 Å². The molecular formula is C18H11ClFN3O2S2. The van der Waals surface area contributed by atoms with E-state index in [0.717, 1.165) is 38.4 Å². The largest absolute Gasteiger partial charge is 0.454 e. The van der Waals surface area contributed by atoms with Crippen molar-refractivity contribution in [1.29, 1.82) is 0 Å². The smallest absolute Gasteiger partial charge is 0.231 e. The van der Waals surface area contributed by atoms with Gasteiger partial charge in [-0.3, -0.25) is 4.40 Å². The second-order valence-corrected chi connectivity index (χ2v) is 8.01. The summed E-state index contributed by atoms with van der Waals surface area (Å²) in [5, 5.41) is 11.4. The van der Waals surface area contributed by atoms with Crippen LogP contribution in [0.5, 0.6) is 11.5 Å². The van der Waals surface area contributed by atoms with Crippen LogP contribution in [0.1, 0.15) is 5.56 Å². The van der Waals surface area contributed by atoms with Crippen molar-refractivity contribution in [2.75, 3.05) is 6.79 Å². The van der Waals surface area contributed by atoms with Crippen LogP contribution in [-0.4, -0.2) is 21.4 Å². The predicted octanol–water partition coefficient (Wildman–Crippen LogP) is 5.27. The first-order chi connectivity index (χ1) is 13.2. The van der Waals surface area contributed by atoms with Crippen LogP contribution in [0.3, 0.4) is 0 Å². The quantitative estimate of drug-likeness (QED) is 0.422. The molecule has 2 aromatic carbocycles. The third-order valence-electron chi connectivity index (χ3n) is 4.14. The van der Waals surface area contributed by atoms with Gasteiger partial charge in [0, 0.05) is 16.7 Å². The van der Waals surface area contributed by atoms with Gasteiger partial charge in [-0.25, -0.2) is 4.39 Å². The maximum absolute atomic E-state index is 13.5. The fourth-order valence-corrected chi connectivity index (χ4v) is 4.79. The first-order valence-electron chi connectivity index (χ1n) is 7.98. The first-order valence-corrected chi connectivity index (χ1v) is 10.2. The van der Waals surface area contributed by atoms with E-state index in [4.69, 9.17) is 21.1 Å². The van der Waals surface area contributed by atoms with Crippen molar-refractivity contribution >= 4 is 39.7 Å². The average molecular weight is 420 g/mol. The number of hydrogen-bond acceptors (Lipinski definition) is 6. The zero-order valence-electron chi connectivity index (χ0n) is 13.7. The highest BCUT2D eigenvalue weighted by molar-refractivity contribution is 7.98. The van der Waals surface area contributed by atoms with Gasteiger partial charge in [-0.2, -0.15) is 0 Å². The van der Waals surface area contributed by atoms with Crippen LogP contribution in [0.15, 0.2) is 46.9 Å². The van der Waals surface area contributed by atoms with Gasteiger partial charge >= 0.3 is 0 Å². The molecule has 0 saturated heterocycles. The molecule has 0 bridgehead atoms. The van der Waals surface area contributed by atoms with E-state index in [1.165, 1.54) is 17.4 Å². The third kappa shape index (κ3) is 3.03. The number of benzene rings is 2. The van der Waals surface area contributed by atoms with Crippen LogP contribution < -0.4 is 9.47 Å². The molecule has 5 nitrogen and oxygen atoms in total. The summed E-state index contributed by atoms with van der Waals surface area (Å²) in [6.07, 6.45) is 0. The fourth-order valence-electron chi connectivity index (χ4n) is 2.83. The highest BCUT2D eigenvalue weighted by atomic mass is 35.5. The van der Waals surface area contributed by atoms with Gasteiger partial charge in [0.25, 0.3) is 0 Å². The monoisotopic (exact) mass is 419 g/mol. The number of thioether (sulfide) groups is 1. The van der Waals surface area contributed by atoms with Gasteiger partial charge in [0.1, 0.15) is 5.82 Å². The average Bonchev–Trinajstić information content (AvgIpc) is 3.38. The molecule has 0 saturated carbocycles. The summed E-state index contributed by atoms with van der Waals surface area (Å²) in [6.45, 7) is 0.259. The summed E-state index contributed by atoms with van der Waals surface area (Å²) in [5.41, 5.74) is 2.80. The molecular weight excluding hydrogens is 409 g/mol. The maximum atomic E-state index is 13.5. The number of rotatable bonds is 4. The van der Waals surface area contributed by atoms with Crippen molar-refractivity contribution in [2.45, 2.75) is 10.9 Å². The normalized spacial score (nSPS) is 12.8. The SMILES string of the molecule is Fc1ccc(-c2csc3nnc(SCc4ccc5c(c4)OCO5)n23)cc1Cl. The van der Waals surface area contributed by atoms with Crippen molar-refractivity contribution in [2.24, 2.45) is 0 Å². The molecule has 0 spiro atoms. The molecule has 136 valence electrons. The Hall–Kier alpha value is -2.29. The highest BCUT2D eigenvalue weighted by Crippen LogP contribution is 2.36. The van der Waals surface area contributed by atoms with Gasteiger partial charge in [0.2, 0.25) is 11.8 Å². The molecule has 0 atom stereocenters. The molecule has 4 aromatic rings. The number of halogens is 2. The Morgan fingerprint density at radius 1 is 1.15 bits per heavy atom. The zero-order chi connectivity index (χ0) is 18.4. The van der Waals surface area contributed by atoms with Crippen molar-refractivity contribution in [3.63, 3.8) is 0 Å². The lowest BCUT2D eigenvalue weighted by molar-refractivity contribution is 0.174. The molecule has 27 heavy (non-hydrogen) atoms. The van der Waals surface area contributed by atoms with E-state index in [1.807, 2.05) is 28.0 Å². The highest BCUT2D eigenvalue weighted by Gasteiger charge is 2.17. The zero-order valence-corrected chi connectivity index (χ0v) is 16.1. The third-order valence-corrected chi connectivity index (χ3v) is 6.25. The summed E-state index contributed by atoms with van der Waals surface area (Å²) in [4.78, 5) is 0.777. The van der Waals surface area contributed by atoms with Crippen LogP contribution >= 0.6 is 34.7 Å². The first kappa shape index (κ1) is 16.9. The minimum Gasteiger partial charge on any atom is -0.454 e. The Labute approximate surface area is 166 Å². The molecule has 2 aromatic heterocycles. The number of hydrogen-bond donors (Lipinski definition) is 0. The van der Waals surface area contributed by atoms with E-state index in [1.54, 1.807) is 23.9 Å². The molecule has 0 radical (unpaired) electrons. The van der Waals surface area contributed by atoms with Crippen LogP contribution in [0, 0.1) is 5.82 Å². The standard InChI is InChI=1S/C18H11ClFN3O2S2/c19-12-6-11(2-3-13(12)20)14-8-27-18-22-21-17(23(14)18)26-7-10-1-4-15-16(5-10)25-9-24-15/h1-6,8H,7,9H2. The minimum atomic E-state index is -0.437. The molecule has 0 fully saturated rings. The van der Waals surface area contributed by atoms with E-state index in [-0.39, 0.29) is 11.8 Å². The van der Waals surface area contributed by atoms with Crippen molar-refractivity contribution < 1.29 is 13.9 Å². The predicted molar refractivity (Wildman–Crippen MR) is 103 cm³/mol. The Kier molecular flexibility index (Phi) is 4.18. The summed E-state index contributed by atoms with van der Waals surface area (Å²) < 4.78 is 26.2. The van der Waals surface area contributed by atoms with Gasteiger partial charge < -0.3 is 9.47 Å². The molecule has 0 N–H and O–H groups in total.